The van der Waals surface area contributed by atoms with Crippen LogP contribution < -0.4 is 4.90 Å². The summed E-state index contributed by atoms with van der Waals surface area (Å²) in [6.07, 6.45) is 0.936. The molecule has 1 aliphatic heterocycles. The van der Waals surface area contributed by atoms with Gasteiger partial charge in [-0.05, 0) is 35.7 Å². The zero-order valence-electron chi connectivity index (χ0n) is 12.9. The Morgan fingerprint density at radius 2 is 1.88 bits per heavy atom. The topological polar surface area (TPSA) is 57.7 Å². The van der Waals surface area contributed by atoms with Crippen LogP contribution in [-0.4, -0.2) is 21.5 Å². The molecule has 0 bridgehead atoms. The van der Waals surface area contributed by atoms with Gasteiger partial charge < -0.3 is 4.90 Å². The Hall–Kier alpha value is -2.84. The molecule has 6 heteroatoms. The summed E-state index contributed by atoms with van der Waals surface area (Å²) >= 11 is 6.04. The van der Waals surface area contributed by atoms with Crippen LogP contribution in [0.25, 0.3) is 5.69 Å². The van der Waals surface area contributed by atoms with E-state index in [1.165, 1.54) is 15.9 Å². The zero-order valence-corrected chi connectivity index (χ0v) is 13.6. The van der Waals surface area contributed by atoms with Crippen molar-refractivity contribution in [3.05, 3.63) is 70.4 Å². The minimum Gasteiger partial charge on any atom is -0.348 e. The summed E-state index contributed by atoms with van der Waals surface area (Å²) in [7, 11) is 0. The molecule has 5 nitrogen and oxygen atoms in total. The maximum atomic E-state index is 9.44. The summed E-state index contributed by atoms with van der Waals surface area (Å²) < 4.78 is 0. The first kappa shape index (κ1) is 14.7. The number of halogens is 1. The van der Waals surface area contributed by atoms with Crippen molar-refractivity contribution < 1.29 is 0 Å². The molecule has 0 fully saturated rings. The van der Waals surface area contributed by atoms with Crippen molar-refractivity contribution in [2.45, 2.75) is 13.0 Å². The number of rotatable bonds is 2. The number of anilines is 1. The highest BCUT2D eigenvalue weighted by Gasteiger charge is 2.23. The Morgan fingerprint density at radius 1 is 1.04 bits per heavy atom. The lowest BCUT2D eigenvalue weighted by molar-refractivity contribution is 0.699. The zero-order chi connectivity index (χ0) is 16.5. The van der Waals surface area contributed by atoms with Crippen molar-refractivity contribution in [2.24, 2.45) is 0 Å². The Bertz CT molecular complexity index is 941. The number of hydrogen-bond acceptors (Lipinski definition) is 4. The van der Waals surface area contributed by atoms with Crippen LogP contribution in [0.2, 0.25) is 5.02 Å². The van der Waals surface area contributed by atoms with Gasteiger partial charge in [-0.3, -0.25) is 0 Å². The van der Waals surface area contributed by atoms with E-state index in [-0.39, 0.29) is 0 Å². The first-order valence-electron chi connectivity index (χ1n) is 7.70. The summed E-state index contributed by atoms with van der Waals surface area (Å²) in [4.78, 5) is 3.58. The van der Waals surface area contributed by atoms with Gasteiger partial charge in [0.2, 0.25) is 5.69 Å². The molecule has 2 aromatic carbocycles. The van der Waals surface area contributed by atoms with E-state index >= 15 is 0 Å². The smallest absolute Gasteiger partial charge is 0.207 e. The standard InChI is InChI=1S/C18H14ClN5/c19-15-6-3-7-16(10-15)24-21-17(11-20)18(22-24)23-9-8-13-4-1-2-5-14(13)12-23/h1-7,10H,8-9,12H2. The molecule has 0 spiro atoms. The lowest BCUT2D eigenvalue weighted by atomic mass is 10.00. The van der Waals surface area contributed by atoms with Crippen molar-refractivity contribution >= 4 is 17.4 Å². The molecule has 1 aliphatic rings. The van der Waals surface area contributed by atoms with Gasteiger partial charge in [0, 0.05) is 18.1 Å². The third-order valence-corrected chi connectivity index (χ3v) is 4.41. The highest BCUT2D eigenvalue weighted by Crippen LogP contribution is 2.25. The summed E-state index contributed by atoms with van der Waals surface area (Å²) in [5, 5.41) is 18.9. The maximum absolute atomic E-state index is 9.44. The highest BCUT2D eigenvalue weighted by molar-refractivity contribution is 6.30. The van der Waals surface area contributed by atoms with Crippen molar-refractivity contribution in [1.29, 1.82) is 5.26 Å². The molecule has 0 saturated carbocycles. The highest BCUT2D eigenvalue weighted by atomic mass is 35.5. The third kappa shape index (κ3) is 2.61. The van der Waals surface area contributed by atoms with Gasteiger partial charge in [0.1, 0.15) is 6.07 Å². The molecule has 0 unspecified atom stereocenters. The van der Waals surface area contributed by atoms with Crippen molar-refractivity contribution in [3.8, 4) is 11.8 Å². The van der Waals surface area contributed by atoms with Gasteiger partial charge in [0.25, 0.3) is 0 Å². The minimum absolute atomic E-state index is 0.328. The molecule has 2 heterocycles. The molecule has 1 aromatic heterocycles. The summed E-state index contributed by atoms with van der Waals surface area (Å²) in [5.41, 5.74) is 3.69. The molecule has 3 aromatic rings. The van der Waals surface area contributed by atoms with E-state index < -0.39 is 0 Å². The molecular formula is C18H14ClN5. The van der Waals surface area contributed by atoms with Gasteiger partial charge in [0.15, 0.2) is 5.82 Å². The van der Waals surface area contributed by atoms with Gasteiger partial charge >= 0.3 is 0 Å². The molecule has 4 rings (SSSR count). The number of fused-ring (bicyclic) bond motifs is 1. The van der Waals surface area contributed by atoms with E-state index in [0.717, 1.165) is 25.2 Å². The van der Waals surface area contributed by atoms with Crippen molar-refractivity contribution in [1.82, 2.24) is 15.0 Å². The van der Waals surface area contributed by atoms with Crippen LogP contribution >= 0.6 is 11.6 Å². The normalized spacial score (nSPS) is 13.4. The first-order chi connectivity index (χ1) is 11.7. The number of hydrogen-bond donors (Lipinski definition) is 0. The fraction of sp³-hybridized carbons (Fsp3) is 0.167. The number of benzene rings is 2. The summed E-state index contributed by atoms with van der Waals surface area (Å²) in [6, 6.07) is 17.8. The molecule has 0 amide bonds. The van der Waals surface area contributed by atoms with Crippen molar-refractivity contribution in [3.63, 3.8) is 0 Å². The van der Waals surface area contributed by atoms with Crippen LogP contribution in [-0.2, 0) is 13.0 Å². The quantitative estimate of drug-likeness (QED) is 0.720. The Labute approximate surface area is 144 Å². The van der Waals surface area contributed by atoms with Crippen LogP contribution in [0.1, 0.15) is 16.8 Å². The van der Waals surface area contributed by atoms with Crippen LogP contribution in [0.15, 0.2) is 48.5 Å². The van der Waals surface area contributed by atoms with E-state index in [4.69, 9.17) is 11.6 Å². The largest absolute Gasteiger partial charge is 0.348 e. The maximum Gasteiger partial charge on any atom is 0.207 e. The first-order valence-corrected chi connectivity index (χ1v) is 8.07. The fourth-order valence-corrected chi connectivity index (χ4v) is 3.16. The molecular weight excluding hydrogens is 322 g/mol. The lowest BCUT2D eigenvalue weighted by Gasteiger charge is -2.28. The lowest BCUT2D eigenvalue weighted by Crippen LogP contribution is -2.31. The number of nitriles is 1. The summed E-state index contributed by atoms with van der Waals surface area (Å²) in [5.74, 6) is 0.618. The predicted molar refractivity (Wildman–Crippen MR) is 92.3 cm³/mol. The Morgan fingerprint density at radius 3 is 2.67 bits per heavy atom. The van der Waals surface area contributed by atoms with Crippen LogP contribution in [0.4, 0.5) is 5.82 Å². The Kier molecular flexibility index (Phi) is 3.68. The average Bonchev–Trinajstić information content (AvgIpc) is 3.06. The number of aromatic nitrogens is 3. The van der Waals surface area contributed by atoms with Crippen LogP contribution in [0.5, 0.6) is 0 Å². The molecule has 24 heavy (non-hydrogen) atoms. The fourth-order valence-electron chi connectivity index (χ4n) is 2.98. The van der Waals surface area contributed by atoms with Gasteiger partial charge in [0.05, 0.1) is 5.69 Å². The van der Waals surface area contributed by atoms with Gasteiger partial charge in [-0.2, -0.15) is 5.26 Å². The summed E-state index contributed by atoms with van der Waals surface area (Å²) in [6.45, 7) is 1.55. The second-order valence-electron chi connectivity index (χ2n) is 5.69. The van der Waals surface area contributed by atoms with Gasteiger partial charge in [-0.1, -0.05) is 41.9 Å². The van der Waals surface area contributed by atoms with Crippen LogP contribution in [0, 0.1) is 11.3 Å². The van der Waals surface area contributed by atoms with E-state index in [2.05, 4.69) is 39.4 Å². The van der Waals surface area contributed by atoms with E-state index in [1.807, 2.05) is 18.2 Å². The molecule has 0 saturated heterocycles. The molecule has 0 radical (unpaired) electrons. The molecule has 0 aliphatic carbocycles. The van der Waals surface area contributed by atoms with E-state index in [1.54, 1.807) is 12.1 Å². The average molecular weight is 336 g/mol. The number of nitrogens with zero attached hydrogens (tertiary/aromatic N) is 5. The van der Waals surface area contributed by atoms with Crippen LogP contribution in [0.3, 0.4) is 0 Å². The third-order valence-electron chi connectivity index (χ3n) is 4.17. The Balaban J connectivity index is 1.71. The van der Waals surface area contributed by atoms with Crippen molar-refractivity contribution in [2.75, 3.05) is 11.4 Å². The second-order valence-corrected chi connectivity index (χ2v) is 6.13. The van der Waals surface area contributed by atoms with E-state index in [9.17, 15) is 5.26 Å². The minimum atomic E-state index is 0.328. The van der Waals surface area contributed by atoms with Gasteiger partial charge in [-0.25, -0.2) is 0 Å². The van der Waals surface area contributed by atoms with Gasteiger partial charge in [-0.15, -0.1) is 15.0 Å². The molecule has 0 N–H and O–H groups in total. The molecule has 118 valence electrons. The van der Waals surface area contributed by atoms with E-state index in [0.29, 0.717) is 16.5 Å². The second kappa shape index (κ2) is 5.99. The molecule has 0 atom stereocenters. The monoisotopic (exact) mass is 335 g/mol. The SMILES string of the molecule is N#Cc1nn(-c2cccc(Cl)c2)nc1N1CCc2ccccc2C1. The predicted octanol–water partition coefficient (Wildman–Crippen LogP) is 3.36.